The Labute approximate surface area is 192 Å². The maximum Gasteiger partial charge on any atom is 0.283 e. The number of amidine groups is 1. The predicted octanol–water partition coefficient (Wildman–Crippen LogP) is 5.80. The Morgan fingerprint density at radius 3 is 2.56 bits per heavy atom. The molecule has 2 aromatic heterocycles. The highest BCUT2D eigenvalue weighted by Gasteiger charge is 2.32. The summed E-state index contributed by atoms with van der Waals surface area (Å²) in [6, 6.07) is 19.0. The molecule has 5 nitrogen and oxygen atoms in total. The van der Waals surface area contributed by atoms with Crippen LogP contribution in [0.4, 0.5) is 10.1 Å². The van der Waals surface area contributed by atoms with E-state index in [1.54, 1.807) is 30.5 Å². The number of nitrogens with zero attached hydrogens (tertiary/aromatic N) is 4. The lowest BCUT2D eigenvalue weighted by Gasteiger charge is -2.17. The van der Waals surface area contributed by atoms with Crippen LogP contribution < -0.4 is 4.90 Å². The molecule has 0 spiro atoms. The highest BCUT2D eigenvalue weighted by Crippen LogP contribution is 2.31. The maximum atomic E-state index is 13.5. The Kier molecular flexibility index (Phi) is 5.51. The zero-order chi connectivity index (χ0) is 22.1. The summed E-state index contributed by atoms with van der Waals surface area (Å²) >= 11 is 7.45. The third kappa shape index (κ3) is 4.17. The quantitative estimate of drug-likeness (QED) is 0.360. The van der Waals surface area contributed by atoms with Gasteiger partial charge >= 0.3 is 0 Å². The lowest BCUT2D eigenvalue weighted by atomic mass is 10.2. The highest BCUT2D eigenvalue weighted by atomic mass is 35.5. The summed E-state index contributed by atoms with van der Waals surface area (Å²) in [6.45, 7) is 0. The molecule has 0 bridgehead atoms. The number of carbonyl (C=O) groups is 1. The summed E-state index contributed by atoms with van der Waals surface area (Å²) < 4.78 is 15.3. The summed E-state index contributed by atoms with van der Waals surface area (Å²) in [4.78, 5) is 23.9. The first-order chi connectivity index (χ1) is 15.6. The Bertz CT molecular complexity index is 1370. The second-order valence-electron chi connectivity index (χ2n) is 7.09. The molecular formula is C24H16ClFN4OS. The van der Waals surface area contributed by atoms with Crippen LogP contribution in [0.25, 0.3) is 11.7 Å². The number of pyridine rings is 1. The molecule has 0 radical (unpaired) electrons. The maximum absolute atomic E-state index is 13.5. The largest absolute Gasteiger partial charge is 0.305 e. The van der Waals surface area contributed by atoms with Crippen molar-refractivity contribution in [2.24, 2.45) is 4.99 Å². The number of carbonyl (C=O) groups excluding carboxylic acids is 1. The molecule has 2 aromatic carbocycles. The van der Waals surface area contributed by atoms with E-state index in [-0.39, 0.29) is 11.7 Å². The number of aromatic nitrogens is 2. The van der Waals surface area contributed by atoms with E-state index < -0.39 is 0 Å². The Morgan fingerprint density at radius 2 is 1.78 bits per heavy atom. The molecule has 8 heteroatoms. The van der Waals surface area contributed by atoms with Crippen molar-refractivity contribution in [1.82, 2.24) is 9.38 Å². The van der Waals surface area contributed by atoms with Gasteiger partial charge in [0.05, 0.1) is 16.4 Å². The topological polar surface area (TPSA) is 50.0 Å². The van der Waals surface area contributed by atoms with Crippen molar-refractivity contribution in [3.8, 4) is 0 Å². The number of benzene rings is 2. The number of anilines is 1. The Hall–Kier alpha value is -3.42. The van der Waals surface area contributed by atoms with E-state index in [1.165, 1.54) is 28.8 Å². The summed E-state index contributed by atoms with van der Waals surface area (Å²) in [5.74, 6) is -0.124. The molecule has 1 amide bonds. The van der Waals surface area contributed by atoms with Crippen LogP contribution in [0, 0.1) is 5.82 Å². The van der Waals surface area contributed by atoms with Crippen molar-refractivity contribution in [3.05, 3.63) is 107 Å². The van der Waals surface area contributed by atoms with Crippen LogP contribution in [-0.4, -0.2) is 20.5 Å². The number of amides is 1. The molecular weight excluding hydrogens is 447 g/mol. The normalized spacial score (nSPS) is 15.1. The van der Waals surface area contributed by atoms with Crippen LogP contribution in [0.2, 0.25) is 5.02 Å². The van der Waals surface area contributed by atoms with E-state index in [0.717, 1.165) is 16.9 Å². The van der Waals surface area contributed by atoms with Crippen molar-refractivity contribution in [1.29, 1.82) is 0 Å². The third-order valence-electron chi connectivity index (χ3n) is 4.83. The van der Waals surface area contributed by atoms with Gasteiger partial charge in [0.1, 0.15) is 17.2 Å². The van der Waals surface area contributed by atoms with Gasteiger partial charge in [0.15, 0.2) is 5.17 Å². The van der Waals surface area contributed by atoms with Gasteiger partial charge in [-0.25, -0.2) is 14.4 Å². The summed E-state index contributed by atoms with van der Waals surface area (Å²) in [5, 5.41) is 1.14. The number of aliphatic imine (C=N–C) groups is 1. The van der Waals surface area contributed by atoms with Gasteiger partial charge in [-0.15, -0.1) is 0 Å². The number of rotatable bonds is 4. The first-order valence-electron chi connectivity index (χ1n) is 9.78. The molecule has 1 aliphatic heterocycles. The lowest BCUT2D eigenvalue weighted by molar-refractivity contribution is -0.113. The second kappa shape index (κ2) is 8.61. The number of thioether (sulfide) groups is 1. The van der Waals surface area contributed by atoms with Crippen LogP contribution in [0.3, 0.4) is 0 Å². The van der Waals surface area contributed by atoms with Crippen LogP contribution in [0.5, 0.6) is 0 Å². The summed E-state index contributed by atoms with van der Waals surface area (Å²) in [7, 11) is 0. The van der Waals surface area contributed by atoms with E-state index >= 15 is 0 Å². The van der Waals surface area contributed by atoms with E-state index in [1.807, 2.05) is 47.0 Å². The molecule has 0 N–H and O–H groups in total. The summed E-state index contributed by atoms with van der Waals surface area (Å²) in [5.41, 5.74) is 3.37. The van der Waals surface area contributed by atoms with Crippen molar-refractivity contribution in [2.75, 3.05) is 4.90 Å². The standard InChI is InChI=1S/C24H16ClFN4OS/c25-17-6-11-22-27-19(14-29(22)13-17)15-32-24-28-21(12-16-4-2-1-3-5-16)23(31)30(24)20-9-7-18(26)8-10-20/h1-14H,15H2/b21-12+. The van der Waals surface area contributed by atoms with Crippen molar-refractivity contribution in [3.63, 3.8) is 0 Å². The van der Waals surface area contributed by atoms with Gasteiger partial charge in [0.2, 0.25) is 0 Å². The molecule has 3 heterocycles. The molecule has 0 fully saturated rings. The molecule has 0 aliphatic carbocycles. The minimum absolute atomic E-state index is 0.259. The molecule has 0 saturated carbocycles. The van der Waals surface area contributed by atoms with Crippen LogP contribution in [0.1, 0.15) is 11.3 Å². The number of halogens is 2. The monoisotopic (exact) mass is 462 g/mol. The number of fused-ring (bicyclic) bond motifs is 1. The minimum atomic E-state index is -0.366. The fourth-order valence-corrected chi connectivity index (χ4v) is 4.41. The van der Waals surface area contributed by atoms with Gasteiger partial charge in [-0.3, -0.25) is 9.69 Å². The molecule has 1 aliphatic rings. The smallest absolute Gasteiger partial charge is 0.283 e. The average Bonchev–Trinajstić information content (AvgIpc) is 3.34. The van der Waals surface area contributed by atoms with Gasteiger partial charge in [0, 0.05) is 18.1 Å². The van der Waals surface area contributed by atoms with Gasteiger partial charge in [-0.05, 0) is 48.0 Å². The summed E-state index contributed by atoms with van der Waals surface area (Å²) in [6.07, 6.45) is 5.44. The molecule has 32 heavy (non-hydrogen) atoms. The fraction of sp³-hybridized carbons (Fsp3) is 0.0417. The van der Waals surface area contributed by atoms with Crippen molar-refractivity contribution < 1.29 is 9.18 Å². The Balaban J connectivity index is 1.46. The lowest BCUT2D eigenvalue weighted by Crippen LogP contribution is -2.30. The van der Waals surface area contributed by atoms with Crippen LogP contribution >= 0.6 is 23.4 Å². The SMILES string of the molecule is O=C1/C(=C\c2ccccc2)N=C(SCc2cn3cc(Cl)ccc3n2)N1c1ccc(F)cc1. The molecule has 0 atom stereocenters. The molecule has 0 saturated heterocycles. The van der Waals surface area contributed by atoms with E-state index in [2.05, 4.69) is 9.98 Å². The first-order valence-corrected chi connectivity index (χ1v) is 11.1. The van der Waals surface area contributed by atoms with Gasteiger partial charge in [-0.2, -0.15) is 0 Å². The van der Waals surface area contributed by atoms with Crippen LogP contribution in [-0.2, 0) is 10.5 Å². The molecule has 0 unspecified atom stereocenters. The third-order valence-corrected chi connectivity index (χ3v) is 6.03. The average molecular weight is 463 g/mol. The highest BCUT2D eigenvalue weighted by molar-refractivity contribution is 8.13. The zero-order valence-electron chi connectivity index (χ0n) is 16.7. The Morgan fingerprint density at radius 1 is 1.00 bits per heavy atom. The van der Waals surface area contributed by atoms with Crippen LogP contribution in [0.15, 0.2) is 89.8 Å². The number of hydrogen-bond donors (Lipinski definition) is 0. The molecule has 158 valence electrons. The van der Waals surface area contributed by atoms with Gasteiger partial charge in [0.25, 0.3) is 5.91 Å². The van der Waals surface area contributed by atoms with Crippen molar-refractivity contribution >= 4 is 51.8 Å². The second-order valence-corrected chi connectivity index (χ2v) is 8.46. The molecule has 5 rings (SSSR count). The van der Waals surface area contributed by atoms with E-state index in [0.29, 0.717) is 27.3 Å². The first kappa shape index (κ1) is 20.5. The van der Waals surface area contributed by atoms with E-state index in [9.17, 15) is 9.18 Å². The molecule has 4 aromatic rings. The van der Waals surface area contributed by atoms with Gasteiger partial charge < -0.3 is 4.40 Å². The minimum Gasteiger partial charge on any atom is -0.305 e. The fourth-order valence-electron chi connectivity index (χ4n) is 3.34. The predicted molar refractivity (Wildman–Crippen MR) is 127 cm³/mol. The number of hydrogen-bond acceptors (Lipinski definition) is 4. The van der Waals surface area contributed by atoms with Gasteiger partial charge in [-0.1, -0.05) is 53.7 Å². The number of imidazole rings is 1. The van der Waals surface area contributed by atoms with Crippen molar-refractivity contribution in [2.45, 2.75) is 5.75 Å². The van der Waals surface area contributed by atoms with E-state index in [4.69, 9.17) is 11.6 Å². The zero-order valence-corrected chi connectivity index (χ0v) is 18.2.